The van der Waals surface area contributed by atoms with Crippen LogP contribution in [0.25, 0.3) is 0 Å². The fourth-order valence-electron chi connectivity index (χ4n) is 2.38. The van der Waals surface area contributed by atoms with Gasteiger partial charge >= 0.3 is 0 Å². The third-order valence-corrected chi connectivity index (χ3v) is 4.71. The first-order valence-electron chi connectivity index (χ1n) is 7.23. The zero-order valence-corrected chi connectivity index (χ0v) is 13.1. The Morgan fingerprint density at radius 2 is 2.38 bits per heavy atom. The zero-order valence-electron chi connectivity index (χ0n) is 12.3. The van der Waals surface area contributed by atoms with Gasteiger partial charge < -0.3 is 26.4 Å². The molecule has 1 fully saturated rings. The van der Waals surface area contributed by atoms with Crippen LogP contribution in [0.2, 0.25) is 0 Å². The first kappa shape index (κ1) is 16.0. The smallest absolute Gasteiger partial charge is 0.267 e. The fourth-order valence-corrected chi connectivity index (χ4v) is 3.37. The van der Waals surface area contributed by atoms with Crippen LogP contribution in [0, 0.1) is 0 Å². The topological polar surface area (TPSA) is 109 Å². The van der Waals surface area contributed by atoms with Crippen LogP contribution < -0.4 is 16.4 Å². The van der Waals surface area contributed by atoms with Gasteiger partial charge in [0.15, 0.2) is 5.13 Å². The van der Waals surface area contributed by atoms with Gasteiger partial charge in [0, 0.05) is 38.8 Å². The summed E-state index contributed by atoms with van der Waals surface area (Å²) in [6.45, 7) is 4.69. The van der Waals surface area contributed by atoms with Crippen molar-refractivity contribution >= 4 is 28.2 Å². The number of rotatable bonds is 6. The van der Waals surface area contributed by atoms with Crippen LogP contribution in [0.15, 0.2) is 0 Å². The number of aliphatic hydroxyl groups is 1. The highest BCUT2D eigenvalue weighted by Crippen LogP contribution is 2.31. The van der Waals surface area contributed by atoms with E-state index < -0.39 is 0 Å². The quantitative estimate of drug-likeness (QED) is 0.688. The summed E-state index contributed by atoms with van der Waals surface area (Å²) < 4.78 is 0. The highest BCUT2D eigenvalue weighted by atomic mass is 32.1. The van der Waals surface area contributed by atoms with Gasteiger partial charge in [-0.1, -0.05) is 11.3 Å². The second kappa shape index (κ2) is 7.06. The second-order valence-corrected chi connectivity index (χ2v) is 6.15. The Labute approximate surface area is 128 Å². The maximum absolute atomic E-state index is 12.5. The van der Waals surface area contributed by atoms with Gasteiger partial charge in [-0.3, -0.25) is 4.79 Å². The molecule has 2 rings (SSSR count). The molecule has 1 aromatic rings. The number of carbonyl (C=O) groups is 1. The SMILES string of the molecule is CCN(CCCO)C(=O)c1sc(N2CCC(N)C2)nc1N. The maximum Gasteiger partial charge on any atom is 0.267 e. The predicted molar refractivity (Wildman–Crippen MR) is 84.6 cm³/mol. The van der Waals surface area contributed by atoms with Gasteiger partial charge in [0.05, 0.1) is 0 Å². The van der Waals surface area contributed by atoms with Crippen molar-refractivity contribution in [3.8, 4) is 0 Å². The summed E-state index contributed by atoms with van der Waals surface area (Å²) in [5, 5.41) is 9.66. The van der Waals surface area contributed by atoms with Crippen molar-refractivity contribution in [1.82, 2.24) is 9.88 Å². The number of nitrogens with two attached hydrogens (primary N) is 2. The number of nitrogens with zero attached hydrogens (tertiary/aromatic N) is 3. The van der Waals surface area contributed by atoms with E-state index in [2.05, 4.69) is 9.88 Å². The number of aliphatic hydroxyl groups excluding tert-OH is 1. The van der Waals surface area contributed by atoms with Gasteiger partial charge in [-0.2, -0.15) is 0 Å². The summed E-state index contributed by atoms with van der Waals surface area (Å²) in [5.41, 5.74) is 11.8. The van der Waals surface area contributed by atoms with Crippen LogP contribution in [0.4, 0.5) is 10.9 Å². The molecular formula is C13H23N5O2S. The minimum absolute atomic E-state index is 0.0683. The number of hydrogen-bond donors (Lipinski definition) is 3. The van der Waals surface area contributed by atoms with E-state index in [9.17, 15) is 4.79 Å². The lowest BCUT2D eigenvalue weighted by molar-refractivity contribution is 0.0760. The van der Waals surface area contributed by atoms with Crippen molar-refractivity contribution in [2.24, 2.45) is 5.73 Å². The third kappa shape index (κ3) is 3.63. The molecule has 118 valence electrons. The standard InChI is InChI=1S/C13H23N5O2S/c1-2-17(5-3-7-19)12(20)10-11(15)16-13(21-10)18-6-4-9(14)8-18/h9,19H,2-8,14-15H2,1H3. The molecule has 1 aromatic heterocycles. The molecule has 0 spiro atoms. The molecule has 7 nitrogen and oxygen atoms in total. The van der Waals surface area contributed by atoms with E-state index in [0.717, 1.165) is 24.6 Å². The molecule has 1 amide bonds. The normalized spacial score (nSPS) is 18.2. The number of nitrogen functional groups attached to an aromatic ring is 1. The number of amides is 1. The van der Waals surface area contributed by atoms with E-state index in [4.69, 9.17) is 16.6 Å². The molecular weight excluding hydrogens is 290 g/mol. The van der Waals surface area contributed by atoms with Crippen LogP contribution in [0.5, 0.6) is 0 Å². The molecule has 0 aliphatic carbocycles. The van der Waals surface area contributed by atoms with Crippen LogP contribution in [0.3, 0.4) is 0 Å². The number of aromatic nitrogens is 1. The summed E-state index contributed by atoms with van der Waals surface area (Å²) in [5.74, 6) is 0.165. The average molecular weight is 313 g/mol. The lowest BCUT2D eigenvalue weighted by atomic mass is 10.3. The Morgan fingerprint density at radius 3 is 2.95 bits per heavy atom. The van der Waals surface area contributed by atoms with Gasteiger partial charge in [0.1, 0.15) is 10.7 Å². The van der Waals surface area contributed by atoms with E-state index in [1.807, 2.05) is 6.92 Å². The zero-order chi connectivity index (χ0) is 15.4. The van der Waals surface area contributed by atoms with Crippen molar-refractivity contribution < 1.29 is 9.90 Å². The van der Waals surface area contributed by atoms with E-state index in [1.54, 1.807) is 4.90 Å². The minimum atomic E-state index is -0.115. The molecule has 5 N–H and O–H groups in total. The monoisotopic (exact) mass is 313 g/mol. The molecule has 21 heavy (non-hydrogen) atoms. The lowest BCUT2D eigenvalue weighted by Crippen LogP contribution is -2.32. The molecule has 1 saturated heterocycles. The highest BCUT2D eigenvalue weighted by Gasteiger charge is 2.26. The van der Waals surface area contributed by atoms with Crippen molar-refractivity contribution in [2.45, 2.75) is 25.8 Å². The molecule has 1 aliphatic rings. The number of anilines is 2. The van der Waals surface area contributed by atoms with Crippen molar-refractivity contribution in [3.63, 3.8) is 0 Å². The van der Waals surface area contributed by atoms with Gasteiger partial charge in [0.25, 0.3) is 5.91 Å². The average Bonchev–Trinajstić information content (AvgIpc) is 3.05. The van der Waals surface area contributed by atoms with Crippen LogP contribution in [-0.4, -0.2) is 59.7 Å². The molecule has 1 atom stereocenters. The molecule has 0 aromatic carbocycles. The lowest BCUT2D eigenvalue weighted by Gasteiger charge is -2.19. The Morgan fingerprint density at radius 1 is 1.62 bits per heavy atom. The fraction of sp³-hybridized carbons (Fsp3) is 0.692. The molecule has 1 unspecified atom stereocenters. The van der Waals surface area contributed by atoms with Gasteiger partial charge in [0.2, 0.25) is 0 Å². The first-order valence-corrected chi connectivity index (χ1v) is 8.05. The molecule has 2 heterocycles. The molecule has 0 saturated carbocycles. The molecule has 0 bridgehead atoms. The van der Waals surface area contributed by atoms with E-state index >= 15 is 0 Å². The van der Waals surface area contributed by atoms with Crippen LogP contribution in [0.1, 0.15) is 29.4 Å². The molecule has 0 radical (unpaired) electrons. The van der Waals surface area contributed by atoms with Gasteiger partial charge in [-0.05, 0) is 19.8 Å². The summed E-state index contributed by atoms with van der Waals surface area (Å²) in [6.07, 6.45) is 1.49. The predicted octanol–water partition coefficient (Wildman–Crippen LogP) is 0.107. The summed E-state index contributed by atoms with van der Waals surface area (Å²) in [6, 6.07) is 0.158. The maximum atomic E-state index is 12.5. The summed E-state index contributed by atoms with van der Waals surface area (Å²) in [7, 11) is 0. The minimum Gasteiger partial charge on any atom is -0.396 e. The summed E-state index contributed by atoms with van der Waals surface area (Å²) in [4.78, 5) is 21.0. The van der Waals surface area contributed by atoms with Gasteiger partial charge in [-0.15, -0.1) is 0 Å². The third-order valence-electron chi connectivity index (χ3n) is 3.59. The van der Waals surface area contributed by atoms with Crippen molar-refractivity contribution in [1.29, 1.82) is 0 Å². The number of carbonyl (C=O) groups excluding carboxylic acids is 1. The Bertz CT molecular complexity index is 493. The largest absolute Gasteiger partial charge is 0.396 e. The number of thiazole rings is 1. The van der Waals surface area contributed by atoms with Gasteiger partial charge in [-0.25, -0.2) is 4.98 Å². The first-order chi connectivity index (χ1) is 10.1. The molecule has 8 heteroatoms. The molecule has 1 aliphatic heterocycles. The summed E-state index contributed by atoms with van der Waals surface area (Å²) >= 11 is 1.32. The second-order valence-electron chi connectivity index (χ2n) is 5.17. The Kier molecular flexibility index (Phi) is 5.38. The Hall–Kier alpha value is -1.38. The van der Waals surface area contributed by atoms with E-state index in [0.29, 0.717) is 24.4 Å². The number of hydrogen-bond acceptors (Lipinski definition) is 7. The Balaban J connectivity index is 2.12. The van der Waals surface area contributed by atoms with Crippen molar-refractivity contribution in [2.75, 3.05) is 43.4 Å². The van der Waals surface area contributed by atoms with E-state index in [-0.39, 0.29) is 24.4 Å². The van der Waals surface area contributed by atoms with E-state index in [1.165, 1.54) is 11.3 Å². The van der Waals surface area contributed by atoms with Crippen LogP contribution >= 0.6 is 11.3 Å². The van der Waals surface area contributed by atoms with Crippen molar-refractivity contribution in [3.05, 3.63) is 4.88 Å². The highest BCUT2D eigenvalue weighted by molar-refractivity contribution is 7.18. The van der Waals surface area contributed by atoms with Crippen LogP contribution in [-0.2, 0) is 0 Å².